The molecule has 15 heavy (non-hydrogen) atoms. The van der Waals surface area contributed by atoms with E-state index in [4.69, 9.17) is 0 Å². The van der Waals surface area contributed by atoms with Crippen LogP contribution >= 0.6 is 15.9 Å². The number of hydrogen-bond donors (Lipinski definition) is 0. The summed E-state index contributed by atoms with van der Waals surface area (Å²) in [5.74, 6) is -0.242. The zero-order valence-electron chi connectivity index (χ0n) is 8.30. The molecule has 1 aromatic carbocycles. The summed E-state index contributed by atoms with van der Waals surface area (Å²) in [7, 11) is 0. The molecule has 0 unspecified atom stereocenters. The molecule has 0 aromatic heterocycles. The van der Waals surface area contributed by atoms with Crippen LogP contribution in [0.25, 0.3) is 0 Å². The van der Waals surface area contributed by atoms with Crippen LogP contribution in [0.5, 0.6) is 0 Å². The first-order valence-electron chi connectivity index (χ1n) is 5.05. The number of halogens is 2. The smallest absolute Gasteiger partial charge is 0.126 e. The molecule has 80 valence electrons. The number of aldehydes is 1. The van der Waals surface area contributed by atoms with E-state index in [-0.39, 0.29) is 11.2 Å². The molecule has 1 aliphatic rings. The van der Waals surface area contributed by atoms with Crippen LogP contribution in [0.15, 0.2) is 22.7 Å². The third kappa shape index (κ3) is 2.12. The van der Waals surface area contributed by atoms with Gasteiger partial charge in [0.15, 0.2) is 0 Å². The van der Waals surface area contributed by atoms with E-state index in [1.54, 1.807) is 6.07 Å². The fourth-order valence-corrected chi connectivity index (χ4v) is 2.41. The Morgan fingerprint density at radius 3 is 2.73 bits per heavy atom. The zero-order valence-corrected chi connectivity index (χ0v) is 9.89. The molecule has 0 N–H and O–H groups in total. The average Bonchev–Trinajstić information content (AvgIpc) is 2.17. The fraction of sp³-hybridized carbons (Fsp3) is 0.417. The molecule has 0 bridgehead atoms. The van der Waals surface area contributed by atoms with Gasteiger partial charge in [-0.3, -0.25) is 0 Å². The Morgan fingerprint density at radius 1 is 1.47 bits per heavy atom. The quantitative estimate of drug-likeness (QED) is 0.769. The molecule has 1 aromatic rings. The van der Waals surface area contributed by atoms with Gasteiger partial charge >= 0.3 is 0 Å². The minimum absolute atomic E-state index is 0.226. The van der Waals surface area contributed by atoms with Gasteiger partial charge in [0.2, 0.25) is 0 Å². The molecule has 1 aliphatic carbocycles. The van der Waals surface area contributed by atoms with Crippen LogP contribution in [0.4, 0.5) is 4.39 Å². The lowest BCUT2D eigenvalue weighted by Gasteiger charge is -2.37. The van der Waals surface area contributed by atoms with Crippen molar-refractivity contribution in [2.75, 3.05) is 0 Å². The lowest BCUT2D eigenvalue weighted by atomic mass is 9.66. The van der Waals surface area contributed by atoms with Gasteiger partial charge in [-0.2, -0.15) is 0 Å². The standard InChI is InChI=1S/C12H12BrFO/c13-11-3-2-10(14)6-9(11)7-12(8-15)4-1-5-12/h2-3,6,8H,1,4-5,7H2. The summed E-state index contributed by atoms with van der Waals surface area (Å²) in [5.41, 5.74) is 0.665. The Hall–Kier alpha value is -0.700. The molecule has 2 rings (SSSR count). The molecule has 0 spiro atoms. The molecule has 0 radical (unpaired) electrons. The molecule has 0 atom stereocenters. The number of carbonyl (C=O) groups excluding carboxylic acids is 1. The molecule has 0 saturated heterocycles. The highest BCUT2D eigenvalue weighted by Gasteiger charge is 2.37. The van der Waals surface area contributed by atoms with Crippen molar-refractivity contribution in [2.45, 2.75) is 25.7 Å². The summed E-state index contributed by atoms with van der Waals surface area (Å²) in [6.45, 7) is 0. The first-order chi connectivity index (χ1) is 7.15. The highest BCUT2D eigenvalue weighted by atomic mass is 79.9. The van der Waals surface area contributed by atoms with Crippen LogP contribution in [-0.4, -0.2) is 6.29 Å². The van der Waals surface area contributed by atoms with Crippen molar-refractivity contribution in [2.24, 2.45) is 5.41 Å². The number of benzene rings is 1. The summed E-state index contributed by atoms with van der Waals surface area (Å²) < 4.78 is 13.9. The predicted molar refractivity (Wildman–Crippen MR) is 60.2 cm³/mol. The Bertz CT molecular complexity index is 385. The van der Waals surface area contributed by atoms with Crippen molar-refractivity contribution >= 4 is 22.2 Å². The van der Waals surface area contributed by atoms with Crippen LogP contribution in [-0.2, 0) is 11.2 Å². The van der Waals surface area contributed by atoms with Crippen molar-refractivity contribution in [3.05, 3.63) is 34.1 Å². The molecule has 1 nitrogen and oxygen atoms in total. The maximum Gasteiger partial charge on any atom is 0.126 e. The van der Waals surface area contributed by atoms with Gasteiger partial charge in [-0.1, -0.05) is 22.4 Å². The van der Waals surface area contributed by atoms with Crippen molar-refractivity contribution in [3.63, 3.8) is 0 Å². The highest BCUT2D eigenvalue weighted by molar-refractivity contribution is 9.10. The Kier molecular flexibility index (Phi) is 2.91. The molecule has 3 heteroatoms. The highest BCUT2D eigenvalue weighted by Crippen LogP contribution is 2.42. The average molecular weight is 271 g/mol. The first-order valence-corrected chi connectivity index (χ1v) is 5.85. The maximum absolute atomic E-state index is 13.0. The summed E-state index contributed by atoms with van der Waals surface area (Å²) in [5, 5.41) is 0. The van der Waals surface area contributed by atoms with Crippen molar-refractivity contribution in [1.29, 1.82) is 0 Å². The first kappa shape index (κ1) is 10.8. The minimum atomic E-state index is -0.242. The third-order valence-electron chi connectivity index (χ3n) is 3.15. The van der Waals surface area contributed by atoms with Gasteiger partial charge in [-0.25, -0.2) is 4.39 Å². The molecule has 1 saturated carbocycles. The van der Waals surface area contributed by atoms with Gasteiger partial charge in [0.1, 0.15) is 12.1 Å². The number of rotatable bonds is 3. The molecular formula is C12H12BrFO. The third-order valence-corrected chi connectivity index (χ3v) is 3.92. The fourth-order valence-electron chi connectivity index (χ4n) is 2.03. The van der Waals surface area contributed by atoms with Crippen molar-refractivity contribution < 1.29 is 9.18 Å². The van der Waals surface area contributed by atoms with E-state index in [1.807, 2.05) is 0 Å². The van der Waals surface area contributed by atoms with Crippen molar-refractivity contribution in [1.82, 2.24) is 0 Å². The Balaban J connectivity index is 2.23. The van der Waals surface area contributed by atoms with Crippen LogP contribution < -0.4 is 0 Å². The van der Waals surface area contributed by atoms with Crippen LogP contribution in [0.2, 0.25) is 0 Å². The van der Waals surface area contributed by atoms with Gasteiger partial charge in [0, 0.05) is 9.89 Å². The second kappa shape index (κ2) is 4.05. The van der Waals surface area contributed by atoms with Gasteiger partial charge in [0.05, 0.1) is 0 Å². The maximum atomic E-state index is 13.0. The normalized spacial score (nSPS) is 18.3. The largest absolute Gasteiger partial charge is 0.303 e. The molecule has 1 fully saturated rings. The second-order valence-corrected chi connectivity index (χ2v) is 5.10. The van der Waals surface area contributed by atoms with E-state index in [2.05, 4.69) is 15.9 Å². The minimum Gasteiger partial charge on any atom is -0.303 e. The molecule has 0 amide bonds. The summed E-state index contributed by atoms with van der Waals surface area (Å²) in [6, 6.07) is 4.62. The predicted octanol–water partition coefficient (Wildman–Crippen LogP) is 3.50. The van der Waals surface area contributed by atoms with E-state index in [0.29, 0.717) is 6.42 Å². The number of carbonyl (C=O) groups is 1. The topological polar surface area (TPSA) is 17.1 Å². The van der Waals surface area contributed by atoms with Crippen LogP contribution in [0, 0.1) is 11.2 Å². The Labute approximate surface area is 96.8 Å². The van der Waals surface area contributed by atoms with Gasteiger partial charge < -0.3 is 4.79 Å². The molecule has 0 aliphatic heterocycles. The summed E-state index contributed by atoms with van der Waals surface area (Å²) >= 11 is 3.38. The zero-order chi connectivity index (χ0) is 10.9. The van der Waals surface area contributed by atoms with E-state index < -0.39 is 0 Å². The van der Waals surface area contributed by atoms with Gasteiger partial charge in [0.25, 0.3) is 0 Å². The van der Waals surface area contributed by atoms with E-state index in [9.17, 15) is 9.18 Å². The molecular weight excluding hydrogens is 259 g/mol. The molecule has 0 heterocycles. The second-order valence-electron chi connectivity index (χ2n) is 4.25. The lowest BCUT2D eigenvalue weighted by molar-refractivity contribution is -0.120. The monoisotopic (exact) mass is 270 g/mol. The Morgan fingerprint density at radius 2 is 2.20 bits per heavy atom. The summed E-state index contributed by atoms with van der Waals surface area (Å²) in [4.78, 5) is 11.0. The van der Waals surface area contributed by atoms with E-state index in [1.165, 1.54) is 12.1 Å². The van der Waals surface area contributed by atoms with Crippen LogP contribution in [0.1, 0.15) is 24.8 Å². The number of hydrogen-bond acceptors (Lipinski definition) is 1. The SMILES string of the molecule is O=CC1(Cc2cc(F)ccc2Br)CCC1. The van der Waals surface area contributed by atoms with Crippen LogP contribution in [0.3, 0.4) is 0 Å². The lowest BCUT2D eigenvalue weighted by Crippen LogP contribution is -2.33. The van der Waals surface area contributed by atoms with E-state index in [0.717, 1.165) is 35.6 Å². The van der Waals surface area contributed by atoms with Gasteiger partial charge in [-0.15, -0.1) is 0 Å². The summed E-state index contributed by atoms with van der Waals surface area (Å²) in [6.07, 6.45) is 4.65. The van der Waals surface area contributed by atoms with Crippen molar-refractivity contribution in [3.8, 4) is 0 Å². The van der Waals surface area contributed by atoms with Gasteiger partial charge in [-0.05, 0) is 43.0 Å². The van der Waals surface area contributed by atoms with E-state index >= 15 is 0 Å².